The van der Waals surface area contributed by atoms with Crippen molar-refractivity contribution in [2.24, 2.45) is 10.9 Å². The Bertz CT molecular complexity index is 555. The van der Waals surface area contributed by atoms with E-state index in [4.69, 9.17) is 5.26 Å². The number of dihydropyridines is 1. The van der Waals surface area contributed by atoms with Crippen molar-refractivity contribution in [3.63, 3.8) is 0 Å². The number of hydrogen-bond donors (Lipinski definition) is 0. The maximum atomic E-state index is 11.4. The fraction of sp³-hybridized carbons (Fsp3) is 0.214. The molecule has 3 nitrogen and oxygen atoms in total. The molecule has 90 valence electrons. The van der Waals surface area contributed by atoms with Gasteiger partial charge in [-0.15, -0.1) is 11.8 Å². The van der Waals surface area contributed by atoms with Gasteiger partial charge in [-0.3, -0.25) is 4.79 Å². The zero-order chi connectivity index (χ0) is 13.0. The minimum atomic E-state index is -0.378. The summed E-state index contributed by atoms with van der Waals surface area (Å²) in [6.45, 7) is 1.80. The van der Waals surface area contributed by atoms with E-state index >= 15 is 0 Å². The van der Waals surface area contributed by atoms with Crippen molar-refractivity contribution in [2.45, 2.75) is 12.7 Å². The molecule has 0 spiro atoms. The molecule has 1 unspecified atom stereocenters. The quantitative estimate of drug-likeness (QED) is 0.817. The Morgan fingerprint density at radius 3 is 2.78 bits per heavy atom. The Labute approximate surface area is 110 Å². The van der Waals surface area contributed by atoms with Crippen LogP contribution in [0.15, 0.2) is 47.0 Å². The van der Waals surface area contributed by atoms with E-state index in [9.17, 15) is 4.79 Å². The van der Waals surface area contributed by atoms with E-state index in [1.807, 2.05) is 30.3 Å². The predicted molar refractivity (Wildman–Crippen MR) is 73.0 cm³/mol. The highest BCUT2D eigenvalue weighted by Crippen LogP contribution is 2.26. The third kappa shape index (κ3) is 2.88. The summed E-state index contributed by atoms with van der Waals surface area (Å²) >= 11 is 1.46. The first-order chi connectivity index (χ1) is 8.70. The van der Waals surface area contributed by atoms with Gasteiger partial charge in [0, 0.05) is 11.8 Å². The van der Waals surface area contributed by atoms with Crippen molar-refractivity contribution in [1.82, 2.24) is 0 Å². The van der Waals surface area contributed by atoms with E-state index in [2.05, 4.69) is 11.1 Å². The fourth-order valence-electron chi connectivity index (χ4n) is 1.68. The van der Waals surface area contributed by atoms with Gasteiger partial charge < -0.3 is 0 Å². The van der Waals surface area contributed by atoms with Crippen molar-refractivity contribution in [1.29, 1.82) is 5.26 Å². The number of benzene rings is 1. The minimum absolute atomic E-state index is 0.269. The molecule has 0 saturated carbocycles. The molecular weight excluding hydrogens is 244 g/mol. The largest absolute Gasteiger partial charge is 0.270 e. The zero-order valence-corrected chi connectivity index (χ0v) is 10.8. The molecule has 0 bridgehead atoms. The number of allylic oxidation sites excluding steroid dienone is 1. The lowest BCUT2D eigenvalue weighted by Gasteiger charge is -2.15. The van der Waals surface area contributed by atoms with Crippen LogP contribution in [0.5, 0.6) is 0 Å². The number of carbonyl (C=O) groups is 1. The van der Waals surface area contributed by atoms with Gasteiger partial charge in [-0.2, -0.15) is 5.26 Å². The smallest absolute Gasteiger partial charge is 0.267 e. The molecule has 0 N–H and O–H groups in total. The average molecular weight is 256 g/mol. The molecule has 1 heterocycles. The third-order valence-electron chi connectivity index (χ3n) is 2.63. The molecule has 0 fully saturated rings. The molecule has 2 rings (SSSR count). The topological polar surface area (TPSA) is 53.2 Å². The predicted octanol–water partition coefficient (Wildman–Crippen LogP) is 2.94. The zero-order valence-electron chi connectivity index (χ0n) is 9.96. The molecule has 1 aromatic carbocycles. The van der Waals surface area contributed by atoms with Crippen LogP contribution in [-0.4, -0.2) is 11.0 Å². The minimum Gasteiger partial charge on any atom is -0.267 e. The van der Waals surface area contributed by atoms with E-state index in [0.29, 0.717) is 5.04 Å². The summed E-state index contributed by atoms with van der Waals surface area (Å²) in [4.78, 5) is 15.3. The second-order valence-corrected chi connectivity index (χ2v) is 5.01. The number of carbonyl (C=O) groups excluding carboxylic acids is 1. The SMILES string of the molecule is CC1=CC(=O)N=C(SCc2ccccc2)C1C#N. The number of hydrogen-bond acceptors (Lipinski definition) is 3. The molecule has 0 saturated heterocycles. The summed E-state index contributed by atoms with van der Waals surface area (Å²) in [6, 6.07) is 12.1. The maximum absolute atomic E-state index is 11.4. The first kappa shape index (κ1) is 12.6. The highest BCUT2D eigenvalue weighted by atomic mass is 32.2. The van der Waals surface area contributed by atoms with Gasteiger partial charge in [-0.05, 0) is 18.1 Å². The first-order valence-electron chi connectivity index (χ1n) is 5.58. The molecule has 1 aromatic rings. The summed E-state index contributed by atoms with van der Waals surface area (Å²) in [7, 11) is 0. The van der Waals surface area contributed by atoms with E-state index in [1.165, 1.54) is 17.8 Å². The van der Waals surface area contributed by atoms with Crippen LogP contribution < -0.4 is 0 Å². The van der Waals surface area contributed by atoms with Crippen molar-refractivity contribution < 1.29 is 4.79 Å². The molecule has 1 aliphatic heterocycles. The highest BCUT2D eigenvalue weighted by molar-refractivity contribution is 8.13. The molecule has 1 aliphatic rings. The standard InChI is InChI=1S/C14H12N2OS/c1-10-7-13(17)16-14(12(10)8-15)18-9-11-5-3-2-4-6-11/h2-7,12H,9H2,1H3. The van der Waals surface area contributed by atoms with Crippen molar-refractivity contribution in [3.8, 4) is 6.07 Å². The molecule has 1 amide bonds. The fourth-order valence-corrected chi connectivity index (χ4v) is 2.75. The van der Waals surface area contributed by atoms with Crippen LogP contribution in [0.3, 0.4) is 0 Å². The summed E-state index contributed by atoms with van der Waals surface area (Å²) < 4.78 is 0. The van der Waals surface area contributed by atoms with E-state index < -0.39 is 0 Å². The molecule has 0 aromatic heterocycles. The molecular formula is C14H12N2OS. The van der Waals surface area contributed by atoms with Gasteiger partial charge in [-0.25, -0.2) is 4.99 Å². The van der Waals surface area contributed by atoms with Gasteiger partial charge in [-0.1, -0.05) is 30.3 Å². The summed E-state index contributed by atoms with van der Waals surface area (Å²) in [5.41, 5.74) is 1.93. The molecule has 0 radical (unpaired) electrons. The Balaban J connectivity index is 2.09. The third-order valence-corrected chi connectivity index (χ3v) is 3.73. The number of rotatable bonds is 2. The summed E-state index contributed by atoms with van der Waals surface area (Å²) in [6.07, 6.45) is 1.43. The van der Waals surface area contributed by atoms with Gasteiger partial charge in [0.2, 0.25) is 0 Å². The molecule has 1 atom stereocenters. The van der Waals surface area contributed by atoms with Crippen molar-refractivity contribution in [2.75, 3.05) is 0 Å². The number of nitriles is 1. The van der Waals surface area contributed by atoms with Gasteiger partial charge in [0.1, 0.15) is 5.92 Å². The number of nitrogens with zero attached hydrogens (tertiary/aromatic N) is 2. The lowest BCUT2D eigenvalue weighted by atomic mass is 10.0. The van der Waals surface area contributed by atoms with Crippen LogP contribution in [0.1, 0.15) is 12.5 Å². The monoisotopic (exact) mass is 256 g/mol. The van der Waals surface area contributed by atoms with Crippen LogP contribution in [0.4, 0.5) is 0 Å². The van der Waals surface area contributed by atoms with Crippen LogP contribution in [0.2, 0.25) is 0 Å². The number of amides is 1. The first-order valence-corrected chi connectivity index (χ1v) is 6.56. The maximum Gasteiger partial charge on any atom is 0.270 e. The number of thioether (sulfide) groups is 1. The lowest BCUT2D eigenvalue weighted by molar-refractivity contribution is -0.113. The molecule has 18 heavy (non-hydrogen) atoms. The molecule has 4 heteroatoms. The Hall–Kier alpha value is -1.86. The van der Waals surface area contributed by atoms with Gasteiger partial charge in [0.05, 0.1) is 11.1 Å². The van der Waals surface area contributed by atoms with Gasteiger partial charge in [0.15, 0.2) is 0 Å². The van der Waals surface area contributed by atoms with Gasteiger partial charge >= 0.3 is 0 Å². The van der Waals surface area contributed by atoms with Crippen LogP contribution in [-0.2, 0) is 10.5 Å². The summed E-state index contributed by atoms with van der Waals surface area (Å²) in [5, 5.41) is 9.72. The Kier molecular flexibility index (Phi) is 3.96. The normalized spacial score (nSPS) is 18.9. The average Bonchev–Trinajstić information content (AvgIpc) is 2.37. The second kappa shape index (κ2) is 5.65. The Morgan fingerprint density at radius 2 is 2.11 bits per heavy atom. The van der Waals surface area contributed by atoms with Crippen LogP contribution >= 0.6 is 11.8 Å². The lowest BCUT2D eigenvalue weighted by Crippen LogP contribution is -2.17. The number of aliphatic imine (C=N–C) groups is 1. The van der Waals surface area contributed by atoms with Gasteiger partial charge in [0.25, 0.3) is 5.91 Å². The van der Waals surface area contributed by atoms with Crippen molar-refractivity contribution >= 4 is 22.7 Å². The van der Waals surface area contributed by atoms with E-state index in [0.717, 1.165) is 16.9 Å². The van der Waals surface area contributed by atoms with Crippen LogP contribution in [0.25, 0.3) is 0 Å². The summed E-state index contributed by atoms with van der Waals surface area (Å²) in [5.74, 6) is 0.0734. The van der Waals surface area contributed by atoms with Crippen molar-refractivity contribution in [3.05, 3.63) is 47.5 Å². The highest BCUT2D eigenvalue weighted by Gasteiger charge is 2.23. The Morgan fingerprint density at radius 1 is 1.39 bits per heavy atom. The van der Waals surface area contributed by atoms with E-state index in [1.54, 1.807) is 6.92 Å². The second-order valence-electron chi connectivity index (χ2n) is 4.01. The van der Waals surface area contributed by atoms with Crippen LogP contribution in [0, 0.1) is 17.2 Å². The molecule has 0 aliphatic carbocycles. The van der Waals surface area contributed by atoms with E-state index in [-0.39, 0.29) is 11.8 Å².